The lowest BCUT2D eigenvalue weighted by molar-refractivity contribution is 0.0695. The summed E-state index contributed by atoms with van der Waals surface area (Å²) in [7, 11) is 0. The quantitative estimate of drug-likeness (QED) is 0.597. The predicted octanol–water partition coefficient (Wildman–Crippen LogP) is 4.80. The molecular formula is C21H19ClF2N2O3S. The molecule has 2 aliphatic rings. The van der Waals surface area contributed by atoms with Crippen LogP contribution in [-0.2, 0) is 6.42 Å². The number of benzene rings is 1. The van der Waals surface area contributed by atoms with Crippen LogP contribution in [0.5, 0.6) is 0 Å². The summed E-state index contributed by atoms with van der Waals surface area (Å²) in [4.78, 5) is 25.6. The molecule has 0 saturated heterocycles. The van der Waals surface area contributed by atoms with E-state index in [4.69, 9.17) is 5.73 Å². The summed E-state index contributed by atoms with van der Waals surface area (Å²) in [6.45, 7) is 0. The second-order valence-electron chi connectivity index (χ2n) is 7.76. The zero-order chi connectivity index (χ0) is 20.4. The van der Waals surface area contributed by atoms with Crippen LogP contribution in [0.25, 0.3) is 21.3 Å². The zero-order valence-electron chi connectivity index (χ0n) is 15.8. The van der Waals surface area contributed by atoms with E-state index in [-0.39, 0.29) is 35.6 Å². The molecule has 0 aliphatic heterocycles. The highest BCUT2D eigenvalue weighted by atomic mass is 35.5. The van der Waals surface area contributed by atoms with Gasteiger partial charge in [0.25, 0.3) is 0 Å². The number of carboxylic acid groups (broad SMARTS) is 1. The summed E-state index contributed by atoms with van der Waals surface area (Å²) < 4.78 is 32.1. The number of thiophene rings is 1. The number of aromatic nitrogens is 1. The standard InChI is InChI=1S/C21H18F2N2O3S.ClH/c22-13-7-11(15-6-9-2-1-3-14(24)20(9)29-15)17(23)18-16(13)19(26)12(21(27)28)8-25(18)10-4-5-10;/h6-8,10,14H,1-5,24H2,(H,27,28);1H. The largest absolute Gasteiger partial charge is 0.477 e. The molecule has 158 valence electrons. The Morgan fingerprint density at radius 2 is 1.97 bits per heavy atom. The van der Waals surface area contributed by atoms with Gasteiger partial charge in [0.2, 0.25) is 5.43 Å². The number of fused-ring (bicyclic) bond motifs is 2. The molecule has 0 spiro atoms. The molecule has 5 rings (SSSR count). The normalized spacial score (nSPS) is 18.2. The van der Waals surface area contributed by atoms with E-state index in [2.05, 4.69) is 0 Å². The summed E-state index contributed by atoms with van der Waals surface area (Å²) in [6.07, 6.45) is 5.27. The number of nitrogens with zero attached hydrogens (tertiary/aromatic N) is 1. The molecule has 1 aromatic carbocycles. The highest BCUT2D eigenvalue weighted by molar-refractivity contribution is 7.15. The molecular weight excluding hydrogens is 434 g/mol. The van der Waals surface area contributed by atoms with Gasteiger partial charge < -0.3 is 15.4 Å². The third-order valence-electron chi connectivity index (χ3n) is 5.77. The second kappa shape index (κ2) is 7.44. The van der Waals surface area contributed by atoms with E-state index in [9.17, 15) is 14.7 Å². The van der Waals surface area contributed by atoms with Gasteiger partial charge in [0.05, 0.1) is 10.9 Å². The van der Waals surface area contributed by atoms with E-state index >= 15 is 8.78 Å². The third kappa shape index (κ3) is 3.14. The number of nitrogens with two attached hydrogens (primary N) is 1. The molecule has 1 saturated carbocycles. The molecule has 30 heavy (non-hydrogen) atoms. The Bertz CT molecular complexity index is 1250. The maximum Gasteiger partial charge on any atom is 0.341 e. The Morgan fingerprint density at radius 1 is 1.23 bits per heavy atom. The van der Waals surface area contributed by atoms with Crippen molar-refractivity contribution in [1.29, 1.82) is 0 Å². The van der Waals surface area contributed by atoms with Crippen molar-refractivity contribution in [2.75, 3.05) is 0 Å². The second-order valence-corrected chi connectivity index (χ2v) is 8.84. The molecule has 3 aromatic rings. The number of aryl methyl sites for hydroxylation is 1. The molecule has 1 atom stereocenters. The number of pyridine rings is 1. The average molecular weight is 453 g/mol. The first-order valence-electron chi connectivity index (χ1n) is 9.55. The lowest BCUT2D eigenvalue weighted by Gasteiger charge is -2.17. The molecule has 5 nitrogen and oxygen atoms in total. The topological polar surface area (TPSA) is 85.3 Å². The number of hydrogen-bond acceptors (Lipinski definition) is 4. The fourth-order valence-electron chi connectivity index (χ4n) is 4.17. The van der Waals surface area contributed by atoms with Gasteiger partial charge in [-0.1, -0.05) is 0 Å². The molecule has 3 N–H and O–H groups in total. The van der Waals surface area contributed by atoms with E-state index in [1.807, 2.05) is 6.07 Å². The molecule has 1 fully saturated rings. The Labute approximate surface area is 180 Å². The Balaban J connectivity index is 0.00000218. The maximum absolute atomic E-state index is 15.7. The number of rotatable bonds is 3. The van der Waals surface area contributed by atoms with Crippen LogP contribution in [0, 0.1) is 11.6 Å². The van der Waals surface area contributed by atoms with E-state index in [0.717, 1.165) is 54.8 Å². The molecule has 2 aliphatic carbocycles. The summed E-state index contributed by atoms with van der Waals surface area (Å²) >= 11 is 1.36. The summed E-state index contributed by atoms with van der Waals surface area (Å²) in [5.74, 6) is -3.06. The van der Waals surface area contributed by atoms with E-state index < -0.39 is 34.0 Å². The number of halogens is 3. The summed E-state index contributed by atoms with van der Waals surface area (Å²) in [6, 6.07) is 2.62. The van der Waals surface area contributed by atoms with Gasteiger partial charge in [-0.25, -0.2) is 13.6 Å². The number of carbonyl (C=O) groups is 1. The summed E-state index contributed by atoms with van der Waals surface area (Å²) in [5.41, 5.74) is 5.61. The van der Waals surface area contributed by atoms with E-state index in [1.54, 1.807) is 0 Å². The third-order valence-corrected chi connectivity index (χ3v) is 7.11. The minimum atomic E-state index is -1.45. The maximum atomic E-state index is 15.7. The van der Waals surface area contributed by atoms with Gasteiger partial charge in [0.1, 0.15) is 11.4 Å². The first-order valence-corrected chi connectivity index (χ1v) is 10.4. The van der Waals surface area contributed by atoms with E-state index in [0.29, 0.717) is 4.88 Å². The molecule has 2 heterocycles. The van der Waals surface area contributed by atoms with Crippen molar-refractivity contribution in [3.05, 3.63) is 56.2 Å². The van der Waals surface area contributed by atoms with Crippen molar-refractivity contribution in [1.82, 2.24) is 4.57 Å². The van der Waals surface area contributed by atoms with Crippen LogP contribution in [0.3, 0.4) is 0 Å². The first kappa shape index (κ1) is 21.0. The molecule has 2 aromatic heterocycles. The van der Waals surface area contributed by atoms with Gasteiger partial charge in [0.15, 0.2) is 5.82 Å². The van der Waals surface area contributed by atoms with Crippen LogP contribution >= 0.6 is 23.7 Å². The molecule has 0 radical (unpaired) electrons. The Hall–Kier alpha value is -2.29. The van der Waals surface area contributed by atoms with Gasteiger partial charge in [-0.15, -0.1) is 23.7 Å². The molecule has 0 amide bonds. The van der Waals surface area contributed by atoms with Gasteiger partial charge in [0, 0.05) is 33.6 Å². The van der Waals surface area contributed by atoms with Gasteiger partial charge in [-0.2, -0.15) is 0 Å². The lowest BCUT2D eigenvalue weighted by Crippen LogP contribution is -2.20. The SMILES string of the molecule is Cl.NC1CCCc2cc(-c3cc(F)c4c(=O)c(C(=O)O)cn(C5CC5)c4c3F)sc21. The van der Waals surface area contributed by atoms with Crippen LogP contribution in [-0.4, -0.2) is 15.6 Å². The highest BCUT2D eigenvalue weighted by Crippen LogP contribution is 2.43. The van der Waals surface area contributed by atoms with Crippen LogP contribution < -0.4 is 11.2 Å². The molecule has 0 bridgehead atoms. The Kier molecular flexibility index (Phi) is 5.20. The highest BCUT2D eigenvalue weighted by Gasteiger charge is 2.31. The van der Waals surface area contributed by atoms with Gasteiger partial charge >= 0.3 is 5.97 Å². The van der Waals surface area contributed by atoms with E-state index in [1.165, 1.54) is 15.9 Å². The molecule has 1 unspecified atom stereocenters. The minimum absolute atomic E-state index is 0. The van der Waals surface area contributed by atoms with Crippen molar-refractivity contribution in [3.63, 3.8) is 0 Å². The molecule has 9 heteroatoms. The van der Waals surface area contributed by atoms with Crippen molar-refractivity contribution in [3.8, 4) is 10.4 Å². The number of carboxylic acids is 1. The zero-order valence-corrected chi connectivity index (χ0v) is 17.4. The van der Waals surface area contributed by atoms with Crippen molar-refractivity contribution in [2.24, 2.45) is 5.73 Å². The smallest absolute Gasteiger partial charge is 0.341 e. The average Bonchev–Trinajstić information content (AvgIpc) is 3.42. The fourth-order valence-corrected chi connectivity index (χ4v) is 5.43. The van der Waals surface area contributed by atoms with Gasteiger partial charge in [-0.3, -0.25) is 4.79 Å². The first-order chi connectivity index (χ1) is 13.9. The van der Waals surface area contributed by atoms with Crippen molar-refractivity contribution < 1.29 is 18.7 Å². The lowest BCUT2D eigenvalue weighted by atomic mass is 9.95. The number of hydrogen-bond donors (Lipinski definition) is 2. The predicted molar refractivity (Wildman–Crippen MR) is 114 cm³/mol. The Morgan fingerprint density at radius 3 is 2.60 bits per heavy atom. The monoisotopic (exact) mass is 452 g/mol. The van der Waals surface area contributed by atoms with Crippen LogP contribution in [0.2, 0.25) is 0 Å². The van der Waals surface area contributed by atoms with Crippen molar-refractivity contribution >= 4 is 40.6 Å². The summed E-state index contributed by atoms with van der Waals surface area (Å²) in [5, 5.41) is 8.82. The minimum Gasteiger partial charge on any atom is -0.477 e. The van der Waals surface area contributed by atoms with Crippen LogP contribution in [0.4, 0.5) is 8.78 Å². The number of aromatic carboxylic acids is 1. The van der Waals surface area contributed by atoms with Crippen LogP contribution in [0.1, 0.15) is 58.6 Å². The van der Waals surface area contributed by atoms with Crippen LogP contribution in [0.15, 0.2) is 23.1 Å². The fraction of sp³-hybridized carbons (Fsp3) is 0.333. The van der Waals surface area contributed by atoms with Crippen molar-refractivity contribution in [2.45, 2.75) is 44.2 Å². The van der Waals surface area contributed by atoms with Gasteiger partial charge in [-0.05, 0) is 49.8 Å².